The Morgan fingerprint density at radius 1 is 0.933 bits per heavy atom. The molecule has 0 saturated carbocycles. The summed E-state index contributed by atoms with van der Waals surface area (Å²) in [6.07, 6.45) is 4.69. The second-order valence-corrected chi connectivity index (χ2v) is 4.73. The summed E-state index contributed by atoms with van der Waals surface area (Å²) in [5.41, 5.74) is 0. The molecule has 1 atom stereocenters. The number of ketones is 1. The zero-order valence-corrected chi connectivity index (χ0v) is 9.24. The van der Waals surface area contributed by atoms with Gasteiger partial charge in [0.15, 0.2) is 0 Å². The number of hydrogen-bond acceptors (Lipinski definition) is 3. The summed E-state index contributed by atoms with van der Waals surface area (Å²) in [5, 5.41) is 0. The Labute approximate surface area is 91.1 Å². The van der Waals surface area contributed by atoms with Gasteiger partial charge in [-0.1, -0.05) is 0 Å². The number of hydrogen-bond donors (Lipinski definition) is 0. The Balaban J connectivity index is 1.66. The first-order chi connectivity index (χ1) is 7.34. The van der Waals surface area contributed by atoms with E-state index < -0.39 is 0 Å². The Kier molecular flexibility index (Phi) is 4.15. The first kappa shape index (κ1) is 11.1. The molecule has 2 rings (SSSR count). The number of carbonyl (C=O) groups excluding carboxylic acids is 1. The van der Waals surface area contributed by atoms with Crippen LogP contribution in [-0.4, -0.2) is 32.2 Å². The van der Waals surface area contributed by atoms with Crippen molar-refractivity contribution in [1.82, 2.24) is 0 Å². The third-order valence-corrected chi connectivity index (χ3v) is 3.40. The van der Waals surface area contributed by atoms with Crippen LogP contribution in [0.25, 0.3) is 0 Å². The largest absolute Gasteiger partial charge is 0.381 e. The van der Waals surface area contributed by atoms with E-state index in [1.54, 1.807) is 0 Å². The van der Waals surface area contributed by atoms with E-state index in [1.165, 1.54) is 0 Å². The van der Waals surface area contributed by atoms with Crippen LogP contribution in [0.5, 0.6) is 0 Å². The van der Waals surface area contributed by atoms with Crippen molar-refractivity contribution < 1.29 is 14.3 Å². The van der Waals surface area contributed by atoms with Crippen molar-refractivity contribution in [3.05, 3.63) is 0 Å². The molecule has 3 heteroatoms. The molecule has 0 N–H and O–H groups in total. The molecule has 0 aromatic carbocycles. The fraction of sp³-hybridized carbons (Fsp3) is 0.917. The van der Waals surface area contributed by atoms with Crippen LogP contribution in [-0.2, 0) is 14.3 Å². The Morgan fingerprint density at radius 3 is 2.20 bits per heavy atom. The zero-order valence-electron chi connectivity index (χ0n) is 9.24. The van der Waals surface area contributed by atoms with Gasteiger partial charge in [0.25, 0.3) is 0 Å². The highest BCUT2D eigenvalue weighted by molar-refractivity contribution is 5.78. The maximum absolute atomic E-state index is 11.8. The van der Waals surface area contributed by atoms with E-state index in [9.17, 15) is 4.79 Å². The van der Waals surface area contributed by atoms with Gasteiger partial charge in [-0.05, 0) is 31.1 Å². The minimum absolute atomic E-state index is 0.428. The summed E-state index contributed by atoms with van der Waals surface area (Å²) in [6.45, 7) is 3.31. The second kappa shape index (κ2) is 5.61. The molecular weight excluding hydrogens is 192 g/mol. The predicted molar refractivity (Wildman–Crippen MR) is 56.7 cm³/mol. The van der Waals surface area contributed by atoms with Crippen molar-refractivity contribution in [1.29, 1.82) is 0 Å². The maximum Gasteiger partial charge on any atom is 0.133 e. The maximum atomic E-state index is 11.8. The first-order valence-electron chi connectivity index (χ1n) is 6.02. The van der Waals surface area contributed by atoms with E-state index in [0.717, 1.165) is 58.5 Å². The van der Waals surface area contributed by atoms with Crippen LogP contribution in [0.15, 0.2) is 0 Å². The van der Waals surface area contributed by atoms with E-state index in [2.05, 4.69) is 0 Å². The van der Waals surface area contributed by atoms with Crippen LogP contribution in [0.4, 0.5) is 0 Å². The van der Waals surface area contributed by atoms with Crippen LogP contribution in [0.2, 0.25) is 0 Å². The summed E-state index contributed by atoms with van der Waals surface area (Å²) in [5.74, 6) is 1.50. The molecule has 86 valence electrons. The van der Waals surface area contributed by atoms with Crippen molar-refractivity contribution in [2.24, 2.45) is 11.8 Å². The van der Waals surface area contributed by atoms with Gasteiger partial charge in [0.05, 0.1) is 0 Å². The third kappa shape index (κ3) is 3.58. The van der Waals surface area contributed by atoms with Crippen molar-refractivity contribution in [3.63, 3.8) is 0 Å². The van der Waals surface area contributed by atoms with Crippen molar-refractivity contribution in [2.45, 2.75) is 32.1 Å². The lowest BCUT2D eigenvalue weighted by molar-refractivity contribution is -0.121. The van der Waals surface area contributed by atoms with Gasteiger partial charge < -0.3 is 9.47 Å². The Bertz CT molecular complexity index is 203. The molecule has 3 nitrogen and oxygen atoms in total. The fourth-order valence-corrected chi connectivity index (χ4v) is 2.42. The van der Waals surface area contributed by atoms with Crippen LogP contribution in [0.1, 0.15) is 32.1 Å². The molecule has 0 aliphatic carbocycles. The van der Waals surface area contributed by atoms with Gasteiger partial charge in [0, 0.05) is 39.3 Å². The highest BCUT2D eigenvalue weighted by Gasteiger charge is 2.22. The van der Waals surface area contributed by atoms with Crippen molar-refractivity contribution in [3.8, 4) is 0 Å². The van der Waals surface area contributed by atoms with Gasteiger partial charge >= 0.3 is 0 Å². The minimum atomic E-state index is 0.428. The standard InChI is InChI=1S/C12H20O3/c13-12(8-11-3-6-15-9-11)7-10-1-4-14-5-2-10/h10-11H,1-9H2. The van der Waals surface area contributed by atoms with Gasteiger partial charge in [-0.3, -0.25) is 4.79 Å². The van der Waals surface area contributed by atoms with Gasteiger partial charge in [-0.15, -0.1) is 0 Å². The van der Waals surface area contributed by atoms with E-state index in [4.69, 9.17) is 9.47 Å². The Hall–Kier alpha value is -0.410. The summed E-state index contributed by atoms with van der Waals surface area (Å²) in [7, 11) is 0. The fourth-order valence-electron chi connectivity index (χ4n) is 2.42. The zero-order chi connectivity index (χ0) is 10.5. The number of rotatable bonds is 4. The minimum Gasteiger partial charge on any atom is -0.381 e. The number of ether oxygens (including phenoxy) is 2. The molecule has 1 unspecified atom stereocenters. The molecule has 0 aromatic rings. The predicted octanol–water partition coefficient (Wildman–Crippen LogP) is 1.80. The molecule has 0 bridgehead atoms. The van der Waals surface area contributed by atoms with Gasteiger partial charge in [0.2, 0.25) is 0 Å². The molecule has 2 fully saturated rings. The van der Waals surface area contributed by atoms with Crippen molar-refractivity contribution >= 4 is 5.78 Å². The van der Waals surface area contributed by atoms with E-state index >= 15 is 0 Å². The average molecular weight is 212 g/mol. The van der Waals surface area contributed by atoms with Crippen LogP contribution >= 0.6 is 0 Å². The monoisotopic (exact) mass is 212 g/mol. The quantitative estimate of drug-likeness (QED) is 0.712. The molecule has 2 aliphatic heterocycles. The molecule has 2 saturated heterocycles. The lowest BCUT2D eigenvalue weighted by Gasteiger charge is -2.21. The number of Topliss-reactive ketones (excluding diaryl/α,β-unsaturated/α-hetero) is 1. The Morgan fingerprint density at radius 2 is 1.53 bits per heavy atom. The average Bonchev–Trinajstić information content (AvgIpc) is 2.71. The van der Waals surface area contributed by atoms with Crippen LogP contribution in [0.3, 0.4) is 0 Å². The molecule has 0 aromatic heterocycles. The molecule has 2 heterocycles. The van der Waals surface area contributed by atoms with Crippen LogP contribution < -0.4 is 0 Å². The van der Waals surface area contributed by atoms with E-state index in [0.29, 0.717) is 17.6 Å². The summed E-state index contributed by atoms with van der Waals surface area (Å²) < 4.78 is 10.6. The summed E-state index contributed by atoms with van der Waals surface area (Å²) >= 11 is 0. The molecule has 0 amide bonds. The molecule has 2 aliphatic rings. The van der Waals surface area contributed by atoms with Gasteiger partial charge in [0.1, 0.15) is 5.78 Å². The summed E-state index contributed by atoms with van der Waals surface area (Å²) in [6, 6.07) is 0. The lowest BCUT2D eigenvalue weighted by atomic mass is 9.90. The second-order valence-electron chi connectivity index (χ2n) is 4.73. The third-order valence-electron chi connectivity index (χ3n) is 3.40. The number of carbonyl (C=O) groups is 1. The SMILES string of the molecule is O=C(CC1CCOCC1)CC1CCOC1. The van der Waals surface area contributed by atoms with Gasteiger partial charge in [-0.2, -0.15) is 0 Å². The molecule has 15 heavy (non-hydrogen) atoms. The normalized spacial score (nSPS) is 28.1. The first-order valence-corrected chi connectivity index (χ1v) is 6.02. The highest BCUT2D eigenvalue weighted by atomic mass is 16.5. The van der Waals surface area contributed by atoms with Crippen LogP contribution in [0, 0.1) is 11.8 Å². The topological polar surface area (TPSA) is 35.5 Å². The highest BCUT2D eigenvalue weighted by Crippen LogP contribution is 2.22. The molecule has 0 spiro atoms. The summed E-state index contributed by atoms with van der Waals surface area (Å²) in [4.78, 5) is 11.8. The molecular formula is C12H20O3. The van der Waals surface area contributed by atoms with E-state index in [1.807, 2.05) is 0 Å². The lowest BCUT2D eigenvalue weighted by Crippen LogP contribution is -2.20. The van der Waals surface area contributed by atoms with E-state index in [-0.39, 0.29) is 0 Å². The smallest absolute Gasteiger partial charge is 0.133 e. The molecule has 0 radical (unpaired) electrons. The van der Waals surface area contributed by atoms with Crippen molar-refractivity contribution in [2.75, 3.05) is 26.4 Å². The van der Waals surface area contributed by atoms with Gasteiger partial charge in [-0.25, -0.2) is 0 Å².